The van der Waals surface area contributed by atoms with E-state index in [-0.39, 0.29) is 11.8 Å². The van der Waals surface area contributed by atoms with E-state index in [1.165, 1.54) is 22.5 Å². The number of amides is 2. The SMILES string of the molecule is CC(=O)N1CCN(C(=O)c2cnc(-c3ccc(C)cc3C)s2)CC1. The summed E-state index contributed by atoms with van der Waals surface area (Å²) in [6.07, 6.45) is 1.67. The number of carbonyl (C=O) groups is 2. The second-order valence-corrected chi connectivity index (χ2v) is 7.18. The van der Waals surface area contributed by atoms with Gasteiger partial charge in [-0.3, -0.25) is 9.59 Å². The van der Waals surface area contributed by atoms with Gasteiger partial charge >= 0.3 is 0 Å². The van der Waals surface area contributed by atoms with Crippen LogP contribution in [-0.2, 0) is 4.79 Å². The van der Waals surface area contributed by atoms with Gasteiger partial charge in [0, 0.05) is 38.7 Å². The zero-order chi connectivity index (χ0) is 17.3. The lowest BCUT2D eigenvalue weighted by Crippen LogP contribution is -2.49. The van der Waals surface area contributed by atoms with Crippen LogP contribution < -0.4 is 0 Å². The van der Waals surface area contributed by atoms with Gasteiger partial charge in [0.1, 0.15) is 9.88 Å². The largest absolute Gasteiger partial charge is 0.339 e. The van der Waals surface area contributed by atoms with Gasteiger partial charge in [-0.25, -0.2) is 4.98 Å². The molecule has 24 heavy (non-hydrogen) atoms. The molecule has 5 nitrogen and oxygen atoms in total. The summed E-state index contributed by atoms with van der Waals surface area (Å²) in [4.78, 5) is 32.7. The van der Waals surface area contributed by atoms with E-state index < -0.39 is 0 Å². The number of carbonyl (C=O) groups excluding carboxylic acids is 2. The van der Waals surface area contributed by atoms with E-state index in [2.05, 4.69) is 37.0 Å². The summed E-state index contributed by atoms with van der Waals surface area (Å²) in [6.45, 7) is 8.05. The van der Waals surface area contributed by atoms with Crippen LogP contribution in [0.5, 0.6) is 0 Å². The van der Waals surface area contributed by atoms with Crippen LogP contribution in [0.3, 0.4) is 0 Å². The molecule has 0 bridgehead atoms. The average molecular weight is 343 g/mol. The average Bonchev–Trinajstić information content (AvgIpc) is 3.04. The van der Waals surface area contributed by atoms with Crippen LogP contribution in [0.1, 0.15) is 27.7 Å². The maximum atomic E-state index is 12.7. The Hall–Kier alpha value is -2.21. The first-order valence-electron chi connectivity index (χ1n) is 8.04. The molecule has 0 aliphatic carbocycles. The summed E-state index contributed by atoms with van der Waals surface area (Å²) in [5.41, 5.74) is 3.46. The topological polar surface area (TPSA) is 53.5 Å². The number of aryl methyl sites for hydroxylation is 2. The lowest BCUT2D eigenvalue weighted by atomic mass is 10.1. The van der Waals surface area contributed by atoms with Crippen molar-refractivity contribution in [1.29, 1.82) is 0 Å². The first kappa shape index (κ1) is 16.6. The Morgan fingerprint density at radius 3 is 2.38 bits per heavy atom. The third kappa shape index (κ3) is 3.33. The number of nitrogens with zero attached hydrogens (tertiary/aromatic N) is 3. The Morgan fingerprint density at radius 2 is 1.75 bits per heavy atom. The van der Waals surface area contributed by atoms with Gasteiger partial charge < -0.3 is 9.80 Å². The molecule has 126 valence electrons. The number of hydrogen-bond acceptors (Lipinski definition) is 4. The first-order chi connectivity index (χ1) is 11.5. The minimum absolute atomic E-state index is 0.00622. The third-order valence-corrected chi connectivity index (χ3v) is 5.36. The molecule has 1 saturated heterocycles. The normalized spacial score (nSPS) is 14.8. The van der Waals surface area contributed by atoms with Crippen molar-refractivity contribution in [2.75, 3.05) is 26.2 Å². The highest BCUT2D eigenvalue weighted by molar-refractivity contribution is 7.16. The lowest BCUT2D eigenvalue weighted by molar-refractivity contribution is -0.130. The van der Waals surface area contributed by atoms with E-state index in [0.29, 0.717) is 31.1 Å². The molecule has 1 aliphatic heterocycles. The minimum atomic E-state index is 0.00622. The smallest absolute Gasteiger partial charge is 0.265 e. The molecule has 0 unspecified atom stereocenters. The van der Waals surface area contributed by atoms with E-state index in [1.807, 2.05) is 0 Å². The Morgan fingerprint density at radius 1 is 1.08 bits per heavy atom. The first-order valence-corrected chi connectivity index (χ1v) is 8.85. The van der Waals surface area contributed by atoms with E-state index in [1.54, 1.807) is 22.9 Å². The fourth-order valence-electron chi connectivity index (χ4n) is 2.93. The second-order valence-electron chi connectivity index (χ2n) is 6.15. The second kappa shape index (κ2) is 6.73. The third-order valence-electron chi connectivity index (χ3n) is 4.34. The number of benzene rings is 1. The highest BCUT2D eigenvalue weighted by Gasteiger charge is 2.24. The molecule has 6 heteroatoms. The fourth-order valence-corrected chi connectivity index (χ4v) is 3.91. The van der Waals surface area contributed by atoms with E-state index in [4.69, 9.17) is 0 Å². The van der Waals surface area contributed by atoms with Crippen LogP contribution >= 0.6 is 11.3 Å². The lowest BCUT2D eigenvalue weighted by Gasteiger charge is -2.33. The summed E-state index contributed by atoms with van der Waals surface area (Å²) in [7, 11) is 0. The maximum absolute atomic E-state index is 12.7. The highest BCUT2D eigenvalue weighted by Crippen LogP contribution is 2.29. The van der Waals surface area contributed by atoms with Gasteiger partial charge in [-0.05, 0) is 19.4 Å². The standard InChI is InChI=1S/C18H21N3O2S/c1-12-4-5-15(13(2)10-12)17-19-11-16(24-17)18(23)21-8-6-20(7-9-21)14(3)22/h4-5,10-11H,6-9H2,1-3H3. The van der Waals surface area contributed by atoms with Gasteiger partial charge in [-0.2, -0.15) is 0 Å². The minimum Gasteiger partial charge on any atom is -0.339 e. The van der Waals surface area contributed by atoms with Crippen LogP contribution in [0.15, 0.2) is 24.4 Å². The van der Waals surface area contributed by atoms with Crippen molar-refractivity contribution in [3.05, 3.63) is 40.4 Å². The zero-order valence-corrected chi connectivity index (χ0v) is 15.0. The Labute approximate surface area is 145 Å². The molecule has 1 aromatic heterocycles. The van der Waals surface area contributed by atoms with Crippen molar-refractivity contribution in [2.45, 2.75) is 20.8 Å². The monoisotopic (exact) mass is 343 g/mol. The van der Waals surface area contributed by atoms with Crippen LogP contribution in [0.25, 0.3) is 10.6 Å². The Kier molecular flexibility index (Phi) is 4.66. The molecule has 0 radical (unpaired) electrons. The molecule has 1 aliphatic rings. The van der Waals surface area contributed by atoms with E-state index in [9.17, 15) is 9.59 Å². The van der Waals surface area contributed by atoms with Gasteiger partial charge in [0.2, 0.25) is 5.91 Å². The van der Waals surface area contributed by atoms with E-state index >= 15 is 0 Å². The van der Waals surface area contributed by atoms with Crippen molar-refractivity contribution in [2.24, 2.45) is 0 Å². The molecule has 0 atom stereocenters. The van der Waals surface area contributed by atoms with Crippen LogP contribution in [0, 0.1) is 13.8 Å². The molecular formula is C18H21N3O2S. The van der Waals surface area contributed by atoms with Crippen molar-refractivity contribution < 1.29 is 9.59 Å². The van der Waals surface area contributed by atoms with Crippen molar-refractivity contribution in [3.8, 4) is 10.6 Å². The number of thiazole rings is 1. The van der Waals surface area contributed by atoms with Gasteiger partial charge in [-0.15, -0.1) is 11.3 Å². The molecule has 1 fully saturated rings. The van der Waals surface area contributed by atoms with E-state index in [0.717, 1.165) is 10.6 Å². The fraction of sp³-hybridized carbons (Fsp3) is 0.389. The molecule has 1 aromatic carbocycles. The summed E-state index contributed by atoms with van der Waals surface area (Å²) >= 11 is 1.43. The predicted molar refractivity (Wildman–Crippen MR) is 95.2 cm³/mol. The van der Waals surface area contributed by atoms with Crippen molar-refractivity contribution in [3.63, 3.8) is 0 Å². The summed E-state index contributed by atoms with van der Waals surface area (Å²) < 4.78 is 0. The molecule has 0 N–H and O–H groups in total. The molecule has 0 spiro atoms. The quantitative estimate of drug-likeness (QED) is 0.842. The van der Waals surface area contributed by atoms with Crippen LogP contribution in [0.2, 0.25) is 0 Å². The Bertz CT molecular complexity index is 776. The highest BCUT2D eigenvalue weighted by atomic mass is 32.1. The van der Waals surface area contributed by atoms with Gasteiger partial charge in [0.05, 0.1) is 6.20 Å². The molecule has 2 aromatic rings. The number of rotatable bonds is 2. The Balaban J connectivity index is 1.74. The van der Waals surface area contributed by atoms with Crippen molar-refractivity contribution >= 4 is 23.2 Å². The molecule has 2 heterocycles. The summed E-state index contributed by atoms with van der Waals surface area (Å²) in [5.74, 6) is 0.0729. The molecule has 2 amide bonds. The van der Waals surface area contributed by atoms with Crippen molar-refractivity contribution in [1.82, 2.24) is 14.8 Å². The zero-order valence-electron chi connectivity index (χ0n) is 14.2. The summed E-state index contributed by atoms with van der Waals surface area (Å²) in [5, 5.41) is 0.873. The van der Waals surface area contributed by atoms with Gasteiger partial charge in [0.15, 0.2) is 0 Å². The summed E-state index contributed by atoms with van der Waals surface area (Å²) in [6, 6.07) is 6.24. The molecule has 0 saturated carbocycles. The number of hydrogen-bond donors (Lipinski definition) is 0. The number of aromatic nitrogens is 1. The maximum Gasteiger partial charge on any atom is 0.265 e. The van der Waals surface area contributed by atoms with Crippen LogP contribution in [0.4, 0.5) is 0 Å². The molecular weight excluding hydrogens is 322 g/mol. The molecule has 3 rings (SSSR count). The predicted octanol–water partition coefficient (Wildman–Crippen LogP) is 2.73. The van der Waals surface area contributed by atoms with Gasteiger partial charge in [0.25, 0.3) is 5.91 Å². The van der Waals surface area contributed by atoms with Crippen LogP contribution in [-0.4, -0.2) is 52.8 Å². The number of piperazine rings is 1. The van der Waals surface area contributed by atoms with Gasteiger partial charge in [-0.1, -0.05) is 23.8 Å².